The molecule has 0 spiro atoms. The molecule has 1 rings (SSSR count). The van der Waals surface area contributed by atoms with Crippen molar-refractivity contribution in [3.63, 3.8) is 0 Å². The van der Waals surface area contributed by atoms with Crippen molar-refractivity contribution in [1.82, 2.24) is 4.90 Å². The monoisotopic (exact) mass is 240 g/mol. The van der Waals surface area contributed by atoms with Crippen molar-refractivity contribution in [2.75, 3.05) is 6.54 Å². The Morgan fingerprint density at radius 2 is 2.06 bits per heavy atom. The van der Waals surface area contributed by atoms with Crippen LogP contribution in [0.25, 0.3) is 0 Å². The van der Waals surface area contributed by atoms with Crippen molar-refractivity contribution in [2.45, 2.75) is 39.7 Å². The molecule has 5 heteroatoms. The Hall–Kier alpha value is -1.39. The highest BCUT2D eigenvalue weighted by Gasteiger charge is 2.39. The molecule has 0 radical (unpaired) electrons. The smallest absolute Gasteiger partial charge is 0.240 e. The zero-order chi connectivity index (χ0) is 13.2. The SMILES string of the molecule is CCC(C(N)=O)N1CC(C(=O)C(C)C)CC1=O. The number of hydrogen-bond acceptors (Lipinski definition) is 3. The molecule has 0 saturated carbocycles. The summed E-state index contributed by atoms with van der Waals surface area (Å²) in [4.78, 5) is 36.3. The molecule has 1 heterocycles. The number of nitrogens with two attached hydrogens (primary N) is 1. The molecule has 2 unspecified atom stereocenters. The van der Waals surface area contributed by atoms with E-state index in [9.17, 15) is 14.4 Å². The fourth-order valence-corrected chi connectivity index (χ4v) is 2.27. The minimum Gasteiger partial charge on any atom is -0.368 e. The zero-order valence-electron chi connectivity index (χ0n) is 10.6. The van der Waals surface area contributed by atoms with Crippen LogP contribution in [0.1, 0.15) is 33.6 Å². The lowest BCUT2D eigenvalue weighted by Crippen LogP contribution is -2.45. The fraction of sp³-hybridized carbons (Fsp3) is 0.750. The Morgan fingerprint density at radius 1 is 1.47 bits per heavy atom. The predicted molar refractivity (Wildman–Crippen MR) is 62.9 cm³/mol. The number of hydrogen-bond donors (Lipinski definition) is 1. The quantitative estimate of drug-likeness (QED) is 0.751. The second kappa shape index (κ2) is 5.29. The van der Waals surface area contributed by atoms with E-state index in [1.807, 2.05) is 13.8 Å². The molecule has 0 bridgehead atoms. The van der Waals surface area contributed by atoms with Crippen LogP contribution in [-0.2, 0) is 14.4 Å². The Bertz CT molecular complexity index is 339. The van der Waals surface area contributed by atoms with Gasteiger partial charge < -0.3 is 10.6 Å². The number of carbonyl (C=O) groups is 3. The molecular weight excluding hydrogens is 220 g/mol. The molecule has 0 aliphatic carbocycles. The minimum atomic E-state index is -0.576. The first-order valence-corrected chi connectivity index (χ1v) is 6.01. The first-order valence-electron chi connectivity index (χ1n) is 6.01. The third-order valence-corrected chi connectivity index (χ3v) is 3.22. The van der Waals surface area contributed by atoms with Gasteiger partial charge in [0.1, 0.15) is 11.8 Å². The van der Waals surface area contributed by atoms with Crippen LogP contribution in [0.15, 0.2) is 0 Å². The molecule has 0 aromatic heterocycles. The molecule has 96 valence electrons. The van der Waals surface area contributed by atoms with E-state index < -0.39 is 11.9 Å². The van der Waals surface area contributed by atoms with Crippen molar-refractivity contribution >= 4 is 17.6 Å². The number of primary amides is 1. The Balaban J connectivity index is 2.76. The summed E-state index contributed by atoms with van der Waals surface area (Å²) in [6, 6.07) is -0.576. The maximum Gasteiger partial charge on any atom is 0.240 e. The highest BCUT2D eigenvalue weighted by atomic mass is 16.2. The van der Waals surface area contributed by atoms with Crippen molar-refractivity contribution in [3.05, 3.63) is 0 Å². The van der Waals surface area contributed by atoms with Crippen LogP contribution in [0, 0.1) is 11.8 Å². The van der Waals surface area contributed by atoms with Gasteiger partial charge in [-0.3, -0.25) is 14.4 Å². The molecule has 1 saturated heterocycles. The van der Waals surface area contributed by atoms with Crippen molar-refractivity contribution in [1.29, 1.82) is 0 Å². The summed E-state index contributed by atoms with van der Waals surface area (Å²) in [7, 11) is 0. The number of Topliss-reactive ketones (excluding diaryl/α,β-unsaturated/α-hetero) is 1. The van der Waals surface area contributed by atoms with Crippen LogP contribution < -0.4 is 5.73 Å². The standard InChI is InChI=1S/C12H20N2O3/c1-4-9(12(13)17)14-6-8(5-10(14)15)11(16)7(2)3/h7-9H,4-6H2,1-3H3,(H2,13,17). The highest BCUT2D eigenvalue weighted by Crippen LogP contribution is 2.24. The Morgan fingerprint density at radius 3 is 2.47 bits per heavy atom. The van der Waals surface area contributed by atoms with Crippen LogP contribution in [-0.4, -0.2) is 35.1 Å². The van der Waals surface area contributed by atoms with Crippen molar-refractivity contribution < 1.29 is 14.4 Å². The maximum atomic E-state index is 11.8. The third kappa shape index (κ3) is 2.84. The van der Waals surface area contributed by atoms with Gasteiger partial charge in [-0.15, -0.1) is 0 Å². The van der Waals surface area contributed by atoms with Crippen LogP contribution in [0.3, 0.4) is 0 Å². The molecule has 0 aromatic rings. The molecule has 17 heavy (non-hydrogen) atoms. The molecule has 1 fully saturated rings. The number of ketones is 1. The predicted octanol–water partition coefficient (Wildman–Crippen LogP) is 0.324. The molecule has 2 atom stereocenters. The number of carbonyl (C=O) groups excluding carboxylic acids is 3. The third-order valence-electron chi connectivity index (χ3n) is 3.22. The van der Waals surface area contributed by atoms with E-state index in [-0.39, 0.29) is 29.9 Å². The average molecular weight is 240 g/mol. The minimum absolute atomic E-state index is 0.0820. The van der Waals surface area contributed by atoms with Gasteiger partial charge in [0.25, 0.3) is 0 Å². The van der Waals surface area contributed by atoms with Crippen molar-refractivity contribution in [3.8, 4) is 0 Å². The summed E-state index contributed by atoms with van der Waals surface area (Å²) in [5, 5.41) is 0. The lowest BCUT2D eigenvalue weighted by molar-refractivity contribution is -0.136. The van der Waals surface area contributed by atoms with Crippen LogP contribution >= 0.6 is 0 Å². The summed E-state index contributed by atoms with van der Waals surface area (Å²) in [5.41, 5.74) is 5.25. The van der Waals surface area contributed by atoms with E-state index >= 15 is 0 Å². The van der Waals surface area contributed by atoms with E-state index in [1.54, 1.807) is 6.92 Å². The molecular formula is C12H20N2O3. The summed E-state index contributed by atoms with van der Waals surface area (Å²) in [5.74, 6) is -0.925. The Labute approximate surface area is 101 Å². The highest BCUT2D eigenvalue weighted by molar-refractivity contribution is 5.93. The summed E-state index contributed by atoms with van der Waals surface area (Å²) in [6.07, 6.45) is 0.699. The lowest BCUT2D eigenvalue weighted by atomic mass is 9.94. The first-order chi connectivity index (χ1) is 7.88. The van der Waals surface area contributed by atoms with Gasteiger partial charge in [-0.2, -0.15) is 0 Å². The molecule has 1 aliphatic rings. The van der Waals surface area contributed by atoms with Gasteiger partial charge in [-0.05, 0) is 6.42 Å². The second-order valence-electron chi connectivity index (χ2n) is 4.83. The van der Waals surface area contributed by atoms with Crippen LogP contribution in [0.4, 0.5) is 0 Å². The number of likely N-dealkylation sites (tertiary alicyclic amines) is 1. The second-order valence-corrected chi connectivity index (χ2v) is 4.83. The summed E-state index contributed by atoms with van der Waals surface area (Å²) in [6.45, 7) is 5.78. The largest absolute Gasteiger partial charge is 0.368 e. The van der Waals surface area contributed by atoms with Crippen molar-refractivity contribution in [2.24, 2.45) is 17.6 Å². The molecule has 0 aromatic carbocycles. The van der Waals surface area contributed by atoms with Gasteiger partial charge in [0.05, 0.1) is 0 Å². The molecule has 2 N–H and O–H groups in total. The van der Waals surface area contributed by atoms with E-state index in [0.29, 0.717) is 13.0 Å². The van der Waals surface area contributed by atoms with Gasteiger partial charge in [-0.25, -0.2) is 0 Å². The van der Waals surface area contributed by atoms with E-state index in [1.165, 1.54) is 4.90 Å². The first kappa shape index (κ1) is 13.7. The Kier molecular flexibility index (Phi) is 4.26. The number of amides is 2. The van der Waals surface area contributed by atoms with Gasteiger partial charge in [0, 0.05) is 24.8 Å². The zero-order valence-corrected chi connectivity index (χ0v) is 10.6. The fourth-order valence-electron chi connectivity index (χ4n) is 2.27. The van der Waals surface area contributed by atoms with Gasteiger partial charge in [-0.1, -0.05) is 20.8 Å². The molecule has 5 nitrogen and oxygen atoms in total. The lowest BCUT2D eigenvalue weighted by Gasteiger charge is -2.24. The molecule has 1 aliphatic heterocycles. The maximum absolute atomic E-state index is 11.8. The van der Waals surface area contributed by atoms with Gasteiger partial charge >= 0.3 is 0 Å². The van der Waals surface area contributed by atoms with Crippen LogP contribution in [0.5, 0.6) is 0 Å². The summed E-state index contributed by atoms with van der Waals surface area (Å²) < 4.78 is 0. The van der Waals surface area contributed by atoms with Gasteiger partial charge in [0.15, 0.2) is 0 Å². The summed E-state index contributed by atoms with van der Waals surface area (Å²) >= 11 is 0. The van der Waals surface area contributed by atoms with E-state index in [4.69, 9.17) is 5.73 Å². The number of nitrogens with zero attached hydrogens (tertiary/aromatic N) is 1. The van der Waals surface area contributed by atoms with Gasteiger partial charge in [0.2, 0.25) is 11.8 Å². The topological polar surface area (TPSA) is 80.5 Å². The van der Waals surface area contributed by atoms with E-state index in [2.05, 4.69) is 0 Å². The number of rotatable bonds is 5. The van der Waals surface area contributed by atoms with Crippen LogP contribution in [0.2, 0.25) is 0 Å². The average Bonchev–Trinajstić information content (AvgIpc) is 2.60. The normalized spacial score (nSPS) is 22.0. The van der Waals surface area contributed by atoms with E-state index in [0.717, 1.165) is 0 Å². The molecule has 2 amide bonds.